The molecule has 30 heavy (non-hydrogen) atoms. The Morgan fingerprint density at radius 2 is 1.67 bits per heavy atom. The van der Waals surface area contributed by atoms with Crippen molar-refractivity contribution in [3.05, 3.63) is 71.7 Å². The fourth-order valence-corrected chi connectivity index (χ4v) is 3.50. The molecule has 0 amide bonds. The standard InChI is InChI=1S/C23H25FN4O2/c1-17-14-22(30-16-18-8-9-21(29-2)20(24)15-18)26-23(25-17)28-12-10-27(11-13-28)19-6-4-3-5-7-19/h3-9,14-15H,10-13,16H2,1-2H3. The number of hydrogen-bond donors (Lipinski definition) is 0. The molecule has 0 atom stereocenters. The highest BCUT2D eigenvalue weighted by molar-refractivity contribution is 5.48. The fraction of sp³-hybridized carbons (Fsp3) is 0.304. The molecule has 0 aliphatic carbocycles. The Morgan fingerprint density at radius 3 is 2.37 bits per heavy atom. The Bertz CT molecular complexity index is 992. The lowest BCUT2D eigenvalue weighted by Crippen LogP contribution is -2.47. The molecule has 1 aromatic heterocycles. The van der Waals surface area contributed by atoms with Gasteiger partial charge >= 0.3 is 0 Å². The van der Waals surface area contributed by atoms with Crippen LogP contribution in [0.1, 0.15) is 11.3 Å². The van der Waals surface area contributed by atoms with Crippen LogP contribution in [0.4, 0.5) is 16.0 Å². The number of rotatable bonds is 6. The van der Waals surface area contributed by atoms with Crippen LogP contribution in [0.25, 0.3) is 0 Å². The third kappa shape index (κ3) is 4.62. The number of methoxy groups -OCH3 is 1. The van der Waals surface area contributed by atoms with Crippen LogP contribution in [0, 0.1) is 12.7 Å². The predicted molar refractivity (Wildman–Crippen MR) is 115 cm³/mol. The summed E-state index contributed by atoms with van der Waals surface area (Å²) in [6.07, 6.45) is 0. The predicted octanol–water partition coefficient (Wildman–Crippen LogP) is 3.84. The van der Waals surface area contributed by atoms with Gasteiger partial charge in [0.1, 0.15) is 6.61 Å². The quantitative estimate of drug-likeness (QED) is 0.618. The lowest BCUT2D eigenvalue weighted by molar-refractivity contribution is 0.291. The summed E-state index contributed by atoms with van der Waals surface area (Å²) in [7, 11) is 1.44. The van der Waals surface area contributed by atoms with Crippen molar-refractivity contribution in [2.24, 2.45) is 0 Å². The molecule has 156 valence electrons. The second-order valence-corrected chi connectivity index (χ2v) is 7.21. The second kappa shape index (κ2) is 8.98. The molecule has 1 aliphatic rings. The SMILES string of the molecule is COc1ccc(COc2cc(C)nc(N3CCN(c4ccccc4)CC3)n2)cc1F. The molecule has 2 heterocycles. The van der Waals surface area contributed by atoms with Gasteiger partial charge in [-0.15, -0.1) is 0 Å². The van der Waals surface area contributed by atoms with Crippen molar-refractivity contribution in [1.29, 1.82) is 0 Å². The van der Waals surface area contributed by atoms with Gasteiger partial charge in [0.2, 0.25) is 11.8 Å². The normalized spacial score (nSPS) is 14.0. The Morgan fingerprint density at radius 1 is 0.933 bits per heavy atom. The minimum absolute atomic E-state index is 0.216. The lowest BCUT2D eigenvalue weighted by Gasteiger charge is -2.36. The van der Waals surface area contributed by atoms with Gasteiger partial charge in [-0.1, -0.05) is 24.3 Å². The van der Waals surface area contributed by atoms with Gasteiger partial charge in [0.15, 0.2) is 11.6 Å². The number of aryl methyl sites for hydroxylation is 1. The molecule has 0 spiro atoms. The van der Waals surface area contributed by atoms with E-state index in [9.17, 15) is 4.39 Å². The molecule has 4 rings (SSSR count). The second-order valence-electron chi connectivity index (χ2n) is 7.21. The van der Waals surface area contributed by atoms with Gasteiger partial charge in [0.25, 0.3) is 0 Å². The molecular weight excluding hydrogens is 383 g/mol. The van der Waals surface area contributed by atoms with Crippen molar-refractivity contribution in [2.45, 2.75) is 13.5 Å². The summed E-state index contributed by atoms with van der Waals surface area (Å²) in [6, 6.07) is 17.0. The van der Waals surface area contributed by atoms with Crippen molar-refractivity contribution in [3.63, 3.8) is 0 Å². The van der Waals surface area contributed by atoms with Gasteiger partial charge in [-0.2, -0.15) is 4.98 Å². The molecule has 0 bridgehead atoms. The average molecular weight is 408 g/mol. The van der Waals surface area contributed by atoms with Crippen LogP contribution >= 0.6 is 0 Å². The number of para-hydroxylation sites is 1. The van der Waals surface area contributed by atoms with Crippen LogP contribution < -0.4 is 19.3 Å². The molecule has 2 aromatic carbocycles. The summed E-state index contributed by atoms with van der Waals surface area (Å²) in [5.74, 6) is 0.959. The molecule has 0 unspecified atom stereocenters. The molecule has 7 heteroatoms. The number of nitrogens with zero attached hydrogens (tertiary/aromatic N) is 4. The van der Waals surface area contributed by atoms with Gasteiger partial charge in [0.05, 0.1) is 7.11 Å². The first-order valence-corrected chi connectivity index (χ1v) is 9.98. The van der Waals surface area contributed by atoms with Gasteiger partial charge in [0, 0.05) is 43.6 Å². The maximum atomic E-state index is 13.9. The van der Waals surface area contributed by atoms with E-state index >= 15 is 0 Å². The first kappa shape index (κ1) is 19.9. The molecule has 6 nitrogen and oxygen atoms in total. The first-order chi connectivity index (χ1) is 14.6. The van der Waals surface area contributed by atoms with E-state index in [2.05, 4.69) is 44.0 Å². The highest BCUT2D eigenvalue weighted by Gasteiger charge is 2.20. The molecule has 3 aromatic rings. The minimum atomic E-state index is -0.408. The van der Waals surface area contributed by atoms with Crippen LogP contribution in [0.3, 0.4) is 0 Å². The topological polar surface area (TPSA) is 50.7 Å². The highest BCUT2D eigenvalue weighted by atomic mass is 19.1. The van der Waals surface area contributed by atoms with Crippen molar-refractivity contribution in [2.75, 3.05) is 43.1 Å². The van der Waals surface area contributed by atoms with E-state index < -0.39 is 5.82 Å². The van der Waals surface area contributed by atoms with Gasteiger partial charge in [-0.3, -0.25) is 0 Å². The summed E-state index contributed by atoms with van der Waals surface area (Å²) in [5, 5.41) is 0. The summed E-state index contributed by atoms with van der Waals surface area (Å²) in [4.78, 5) is 13.7. The highest BCUT2D eigenvalue weighted by Crippen LogP contribution is 2.22. The zero-order chi connectivity index (χ0) is 20.9. The van der Waals surface area contributed by atoms with E-state index in [0.717, 1.165) is 31.9 Å². The van der Waals surface area contributed by atoms with Crippen LogP contribution in [0.5, 0.6) is 11.6 Å². The van der Waals surface area contributed by atoms with Crippen LogP contribution in [-0.2, 0) is 6.61 Å². The molecule has 1 fully saturated rings. The molecule has 1 aliphatic heterocycles. The molecule has 0 saturated carbocycles. The fourth-order valence-electron chi connectivity index (χ4n) is 3.50. The number of benzene rings is 2. The van der Waals surface area contributed by atoms with E-state index in [1.807, 2.05) is 13.0 Å². The number of aromatic nitrogens is 2. The van der Waals surface area contributed by atoms with E-state index in [1.54, 1.807) is 18.2 Å². The third-order valence-electron chi connectivity index (χ3n) is 5.11. The van der Waals surface area contributed by atoms with Crippen molar-refractivity contribution >= 4 is 11.6 Å². The monoisotopic (exact) mass is 408 g/mol. The first-order valence-electron chi connectivity index (χ1n) is 9.98. The summed E-state index contributed by atoms with van der Waals surface area (Å²) < 4.78 is 24.7. The average Bonchev–Trinajstić information content (AvgIpc) is 2.78. The van der Waals surface area contributed by atoms with E-state index in [4.69, 9.17) is 9.47 Å². The number of ether oxygens (including phenoxy) is 2. The summed E-state index contributed by atoms with van der Waals surface area (Å²) in [6.45, 7) is 5.62. The third-order valence-corrected chi connectivity index (χ3v) is 5.11. The van der Waals surface area contributed by atoms with E-state index in [1.165, 1.54) is 18.9 Å². The molecule has 0 radical (unpaired) electrons. The number of piperazine rings is 1. The molecule has 0 N–H and O–H groups in total. The minimum Gasteiger partial charge on any atom is -0.494 e. The van der Waals surface area contributed by atoms with Crippen LogP contribution in [0.15, 0.2) is 54.6 Å². The maximum Gasteiger partial charge on any atom is 0.228 e. The van der Waals surface area contributed by atoms with Crippen molar-refractivity contribution in [3.8, 4) is 11.6 Å². The zero-order valence-corrected chi connectivity index (χ0v) is 17.2. The van der Waals surface area contributed by atoms with Gasteiger partial charge in [-0.25, -0.2) is 9.37 Å². The maximum absolute atomic E-state index is 13.9. The Hall–Kier alpha value is -3.35. The Labute approximate surface area is 175 Å². The van der Waals surface area contributed by atoms with Crippen molar-refractivity contribution < 1.29 is 13.9 Å². The summed E-state index contributed by atoms with van der Waals surface area (Å²) >= 11 is 0. The Balaban J connectivity index is 1.40. The molecule has 1 saturated heterocycles. The Kier molecular flexibility index (Phi) is 5.97. The number of hydrogen-bond acceptors (Lipinski definition) is 6. The number of anilines is 2. The van der Waals surface area contributed by atoms with Gasteiger partial charge < -0.3 is 19.3 Å². The number of halogens is 1. The largest absolute Gasteiger partial charge is 0.494 e. The van der Waals surface area contributed by atoms with E-state index in [-0.39, 0.29) is 12.4 Å². The summed E-state index contributed by atoms with van der Waals surface area (Å²) in [5.41, 5.74) is 2.78. The van der Waals surface area contributed by atoms with Crippen molar-refractivity contribution in [1.82, 2.24) is 9.97 Å². The molecular formula is C23H25FN4O2. The van der Waals surface area contributed by atoms with E-state index in [0.29, 0.717) is 17.4 Å². The lowest BCUT2D eigenvalue weighted by atomic mass is 10.2. The smallest absolute Gasteiger partial charge is 0.228 e. The van der Waals surface area contributed by atoms with Crippen LogP contribution in [0.2, 0.25) is 0 Å². The zero-order valence-electron chi connectivity index (χ0n) is 17.2. The van der Waals surface area contributed by atoms with Gasteiger partial charge in [-0.05, 0) is 36.8 Å². The van der Waals surface area contributed by atoms with Crippen LogP contribution in [-0.4, -0.2) is 43.3 Å².